The van der Waals surface area contributed by atoms with Crippen molar-refractivity contribution in [2.24, 2.45) is 0 Å². The number of hydrogen-bond donors (Lipinski definition) is 2. The number of rotatable bonds is 9. The standard InChI is InChI=1S/C24H22F4N4O5/c1-35-11-17(13-5-6-18(15(25)7-13)37-24(26,27)28)31-23(34)16-9-20(33)32-22(30-16)21-19(36-2)8-14(10-29-21)12-3-4-12/h5-10,12,17H,3-4,11H2,1-2H3,(H,31,34)(H,30,32,33). The van der Waals surface area contributed by atoms with Crippen molar-refractivity contribution in [3.05, 3.63) is 69.5 Å². The number of nitrogens with zero attached hydrogens (tertiary/aromatic N) is 2. The Morgan fingerprint density at radius 1 is 1.19 bits per heavy atom. The second-order valence-electron chi connectivity index (χ2n) is 8.29. The van der Waals surface area contributed by atoms with Crippen LogP contribution in [0.3, 0.4) is 0 Å². The first-order chi connectivity index (χ1) is 17.6. The van der Waals surface area contributed by atoms with E-state index in [-0.39, 0.29) is 29.4 Å². The van der Waals surface area contributed by atoms with Crippen LogP contribution in [-0.4, -0.2) is 48.0 Å². The summed E-state index contributed by atoms with van der Waals surface area (Å²) in [7, 11) is 2.77. The Morgan fingerprint density at radius 3 is 2.57 bits per heavy atom. The van der Waals surface area contributed by atoms with Gasteiger partial charge in [0.15, 0.2) is 17.4 Å². The number of benzene rings is 1. The molecule has 9 nitrogen and oxygen atoms in total. The van der Waals surface area contributed by atoms with E-state index in [0.29, 0.717) is 11.7 Å². The van der Waals surface area contributed by atoms with E-state index in [2.05, 4.69) is 25.0 Å². The Morgan fingerprint density at radius 2 is 1.95 bits per heavy atom. The van der Waals surface area contributed by atoms with Gasteiger partial charge in [-0.25, -0.2) is 14.4 Å². The minimum absolute atomic E-state index is 0.000153. The van der Waals surface area contributed by atoms with Gasteiger partial charge in [0.25, 0.3) is 11.5 Å². The number of pyridine rings is 1. The van der Waals surface area contributed by atoms with Crippen LogP contribution in [0.2, 0.25) is 0 Å². The molecule has 196 valence electrons. The van der Waals surface area contributed by atoms with Gasteiger partial charge >= 0.3 is 6.36 Å². The number of halogens is 4. The second kappa shape index (κ2) is 10.5. The molecule has 1 unspecified atom stereocenters. The number of ether oxygens (including phenoxy) is 3. The molecule has 1 aliphatic carbocycles. The summed E-state index contributed by atoms with van der Waals surface area (Å²) in [6.45, 7) is -0.154. The first kappa shape index (κ1) is 26.1. The zero-order chi connectivity index (χ0) is 26.7. The van der Waals surface area contributed by atoms with E-state index in [1.807, 2.05) is 6.07 Å². The third kappa shape index (κ3) is 6.42. The molecule has 1 aromatic carbocycles. The fourth-order valence-corrected chi connectivity index (χ4v) is 3.68. The number of amides is 1. The number of carbonyl (C=O) groups is 1. The number of aromatic amines is 1. The summed E-state index contributed by atoms with van der Waals surface area (Å²) in [6.07, 6.45) is -1.29. The minimum Gasteiger partial charge on any atom is -0.494 e. The molecule has 0 bridgehead atoms. The molecule has 0 spiro atoms. The summed E-state index contributed by atoms with van der Waals surface area (Å²) in [5.74, 6) is -2.32. The monoisotopic (exact) mass is 522 g/mol. The largest absolute Gasteiger partial charge is 0.573 e. The van der Waals surface area contributed by atoms with E-state index in [4.69, 9.17) is 9.47 Å². The number of nitrogens with one attached hydrogen (secondary N) is 2. The van der Waals surface area contributed by atoms with Crippen molar-refractivity contribution in [3.63, 3.8) is 0 Å². The van der Waals surface area contributed by atoms with Gasteiger partial charge in [-0.2, -0.15) is 0 Å². The molecule has 0 saturated heterocycles. The van der Waals surface area contributed by atoms with E-state index in [1.54, 1.807) is 6.20 Å². The van der Waals surface area contributed by atoms with Gasteiger partial charge in [-0.1, -0.05) is 6.07 Å². The Balaban J connectivity index is 1.59. The van der Waals surface area contributed by atoms with Crippen LogP contribution in [0.1, 0.15) is 46.4 Å². The van der Waals surface area contributed by atoms with Crippen LogP contribution >= 0.6 is 0 Å². The number of aromatic nitrogens is 3. The van der Waals surface area contributed by atoms with Crippen LogP contribution in [0.25, 0.3) is 11.5 Å². The van der Waals surface area contributed by atoms with Gasteiger partial charge in [0, 0.05) is 19.4 Å². The van der Waals surface area contributed by atoms with Gasteiger partial charge in [-0.15, -0.1) is 13.2 Å². The maximum absolute atomic E-state index is 14.2. The smallest absolute Gasteiger partial charge is 0.494 e. The molecule has 2 aromatic heterocycles. The van der Waals surface area contributed by atoms with Crippen molar-refractivity contribution >= 4 is 5.91 Å². The molecule has 37 heavy (non-hydrogen) atoms. The molecule has 1 atom stereocenters. The van der Waals surface area contributed by atoms with E-state index in [0.717, 1.165) is 42.7 Å². The Labute approximate surface area is 207 Å². The number of alkyl halides is 3. The normalized spacial score (nSPS) is 14.2. The van der Waals surface area contributed by atoms with Crippen LogP contribution in [0, 0.1) is 5.82 Å². The zero-order valence-corrected chi connectivity index (χ0v) is 19.7. The zero-order valence-electron chi connectivity index (χ0n) is 19.7. The topological polar surface area (TPSA) is 115 Å². The molecule has 2 heterocycles. The van der Waals surface area contributed by atoms with Crippen LogP contribution in [0.4, 0.5) is 17.6 Å². The van der Waals surface area contributed by atoms with Crippen LogP contribution in [0.5, 0.6) is 11.5 Å². The van der Waals surface area contributed by atoms with E-state index < -0.39 is 35.4 Å². The lowest BCUT2D eigenvalue weighted by atomic mass is 10.1. The van der Waals surface area contributed by atoms with E-state index in [9.17, 15) is 27.2 Å². The van der Waals surface area contributed by atoms with Crippen LogP contribution in [0.15, 0.2) is 41.3 Å². The first-order valence-electron chi connectivity index (χ1n) is 11.1. The lowest BCUT2D eigenvalue weighted by Crippen LogP contribution is -2.33. The average molecular weight is 522 g/mol. The van der Waals surface area contributed by atoms with Crippen molar-refractivity contribution < 1.29 is 36.6 Å². The Kier molecular flexibility index (Phi) is 7.43. The van der Waals surface area contributed by atoms with Gasteiger partial charge in [0.2, 0.25) is 0 Å². The minimum atomic E-state index is -5.07. The van der Waals surface area contributed by atoms with E-state index >= 15 is 0 Å². The molecular weight excluding hydrogens is 500 g/mol. The highest BCUT2D eigenvalue weighted by atomic mass is 19.4. The fraction of sp³-hybridized carbons (Fsp3) is 0.333. The van der Waals surface area contributed by atoms with Crippen LogP contribution < -0.4 is 20.3 Å². The molecule has 0 radical (unpaired) electrons. The molecule has 1 saturated carbocycles. The van der Waals surface area contributed by atoms with Gasteiger partial charge < -0.3 is 24.5 Å². The summed E-state index contributed by atoms with van der Waals surface area (Å²) in [5, 5.41) is 2.55. The Hall–Kier alpha value is -4.00. The van der Waals surface area contributed by atoms with Crippen molar-refractivity contribution in [1.29, 1.82) is 0 Å². The molecule has 1 aliphatic rings. The van der Waals surface area contributed by atoms with Gasteiger partial charge in [-0.05, 0) is 48.1 Å². The summed E-state index contributed by atoms with van der Waals surface area (Å²) in [5.41, 5.74) is 0.430. The van der Waals surface area contributed by atoms with Crippen LogP contribution in [-0.2, 0) is 4.74 Å². The van der Waals surface area contributed by atoms with Gasteiger partial charge in [0.1, 0.15) is 17.1 Å². The van der Waals surface area contributed by atoms with Gasteiger partial charge in [-0.3, -0.25) is 9.59 Å². The molecule has 3 aromatic rings. The average Bonchev–Trinajstić information content (AvgIpc) is 3.69. The van der Waals surface area contributed by atoms with Crippen molar-refractivity contribution in [2.75, 3.05) is 20.8 Å². The Bertz CT molecular complexity index is 1360. The SMILES string of the molecule is COCC(NC(=O)c1cc(=O)[nH]c(-c2ncc(C3CC3)cc2OC)n1)c1ccc(OC(F)(F)F)c(F)c1. The maximum Gasteiger partial charge on any atom is 0.573 e. The third-order valence-corrected chi connectivity index (χ3v) is 5.56. The lowest BCUT2D eigenvalue weighted by molar-refractivity contribution is -0.275. The number of methoxy groups -OCH3 is 2. The highest BCUT2D eigenvalue weighted by Gasteiger charge is 2.32. The highest BCUT2D eigenvalue weighted by molar-refractivity contribution is 5.92. The van der Waals surface area contributed by atoms with Crippen molar-refractivity contribution in [3.8, 4) is 23.0 Å². The number of carbonyl (C=O) groups excluding carboxylic acids is 1. The first-order valence-corrected chi connectivity index (χ1v) is 11.1. The molecule has 1 amide bonds. The second-order valence-corrected chi connectivity index (χ2v) is 8.29. The molecule has 4 rings (SSSR count). The van der Waals surface area contributed by atoms with E-state index in [1.165, 1.54) is 14.2 Å². The molecule has 1 fully saturated rings. The molecule has 0 aliphatic heterocycles. The summed E-state index contributed by atoms with van der Waals surface area (Å²) >= 11 is 0. The molecular formula is C24H22F4N4O5. The lowest BCUT2D eigenvalue weighted by Gasteiger charge is -2.19. The van der Waals surface area contributed by atoms with Gasteiger partial charge in [0.05, 0.1) is 19.8 Å². The quantitative estimate of drug-likeness (QED) is 0.410. The predicted octanol–water partition coefficient (Wildman–Crippen LogP) is 3.87. The predicted molar refractivity (Wildman–Crippen MR) is 122 cm³/mol. The summed E-state index contributed by atoms with van der Waals surface area (Å²) < 4.78 is 65.7. The number of H-pyrrole nitrogens is 1. The summed E-state index contributed by atoms with van der Waals surface area (Å²) in [4.78, 5) is 36.4. The molecule has 2 N–H and O–H groups in total. The fourth-order valence-electron chi connectivity index (χ4n) is 3.68. The number of hydrogen-bond acceptors (Lipinski definition) is 7. The highest BCUT2D eigenvalue weighted by Crippen LogP contribution is 2.41. The molecule has 13 heteroatoms. The van der Waals surface area contributed by atoms with Crippen molar-refractivity contribution in [1.82, 2.24) is 20.3 Å². The maximum atomic E-state index is 14.2. The third-order valence-electron chi connectivity index (χ3n) is 5.56. The summed E-state index contributed by atoms with van der Waals surface area (Å²) in [6, 6.07) is 4.52. The van der Waals surface area contributed by atoms with Crippen molar-refractivity contribution in [2.45, 2.75) is 31.2 Å².